The minimum Gasteiger partial charge on any atom is -0.392 e. The third-order valence-electron chi connectivity index (χ3n) is 2.82. The molecule has 1 N–H and O–H groups in total. The number of aryl methyl sites for hydroxylation is 2. The summed E-state index contributed by atoms with van der Waals surface area (Å²) < 4.78 is 0. The molecule has 18 heavy (non-hydrogen) atoms. The molecule has 0 aliphatic rings. The fourth-order valence-corrected chi connectivity index (χ4v) is 1.79. The molecule has 0 aliphatic carbocycles. The lowest BCUT2D eigenvalue weighted by Gasteiger charge is -2.04. The van der Waals surface area contributed by atoms with Gasteiger partial charge in [-0.3, -0.25) is 0 Å². The largest absolute Gasteiger partial charge is 0.392 e. The molecule has 3 nitrogen and oxygen atoms in total. The van der Waals surface area contributed by atoms with E-state index in [1.165, 1.54) is 0 Å². The van der Waals surface area contributed by atoms with Crippen LogP contribution in [0.4, 0.5) is 11.4 Å². The molecule has 0 saturated carbocycles. The number of azo groups is 1. The molecule has 2 aromatic carbocycles. The van der Waals surface area contributed by atoms with Crippen LogP contribution >= 0.6 is 0 Å². The van der Waals surface area contributed by atoms with Crippen LogP contribution in [-0.4, -0.2) is 5.11 Å². The Morgan fingerprint density at radius 3 is 2.50 bits per heavy atom. The van der Waals surface area contributed by atoms with Gasteiger partial charge in [-0.15, -0.1) is 0 Å². The second kappa shape index (κ2) is 5.56. The minimum absolute atomic E-state index is 0.0190. The Hall–Kier alpha value is -2.00. The highest BCUT2D eigenvalue weighted by atomic mass is 16.3. The van der Waals surface area contributed by atoms with Crippen LogP contribution in [0.5, 0.6) is 0 Å². The summed E-state index contributed by atoms with van der Waals surface area (Å²) in [5.74, 6) is 0. The summed E-state index contributed by atoms with van der Waals surface area (Å²) in [5, 5.41) is 17.8. The van der Waals surface area contributed by atoms with Gasteiger partial charge in [0.05, 0.1) is 18.0 Å². The Kier molecular flexibility index (Phi) is 3.85. The maximum atomic E-state index is 9.34. The Balaban J connectivity index is 2.32. The van der Waals surface area contributed by atoms with Crippen molar-refractivity contribution in [3.05, 3.63) is 59.2 Å². The zero-order valence-corrected chi connectivity index (χ0v) is 10.6. The molecule has 92 valence electrons. The average molecular weight is 240 g/mol. The number of hydrogen-bond donors (Lipinski definition) is 1. The highest BCUT2D eigenvalue weighted by Crippen LogP contribution is 2.25. The first kappa shape index (κ1) is 12.5. The van der Waals surface area contributed by atoms with Crippen LogP contribution in [0.3, 0.4) is 0 Å². The minimum atomic E-state index is -0.0190. The van der Waals surface area contributed by atoms with E-state index >= 15 is 0 Å². The van der Waals surface area contributed by atoms with E-state index in [-0.39, 0.29) is 6.61 Å². The molecule has 0 saturated heterocycles. The van der Waals surface area contributed by atoms with Crippen LogP contribution in [0.25, 0.3) is 0 Å². The predicted molar refractivity (Wildman–Crippen MR) is 72.5 cm³/mol. The van der Waals surface area contributed by atoms with Crippen molar-refractivity contribution in [1.29, 1.82) is 0 Å². The second-order valence-corrected chi connectivity index (χ2v) is 4.27. The summed E-state index contributed by atoms with van der Waals surface area (Å²) in [5.41, 5.74) is 4.55. The molecule has 0 amide bonds. The standard InChI is InChI=1S/C15H16N2O/c1-11-5-3-7-13(9-11)16-17-15-8-4-6-12(2)14(15)10-18/h3-9,18H,10H2,1-2H3. The molecule has 0 unspecified atom stereocenters. The third kappa shape index (κ3) is 2.81. The van der Waals surface area contributed by atoms with Crippen LogP contribution in [0.15, 0.2) is 52.7 Å². The molecule has 0 spiro atoms. The lowest BCUT2D eigenvalue weighted by molar-refractivity contribution is 0.281. The van der Waals surface area contributed by atoms with E-state index in [2.05, 4.69) is 10.2 Å². The quantitative estimate of drug-likeness (QED) is 0.802. The molecular formula is C15H16N2O. The van der Waals surface area contributed by atoms with Gasteiger partial charge in [0.15, 0.2) is 0 Å². The Labute approximate surface area is 107 Å². The maximum Gasteiger partial charge on any atom is 0.0914 e. The van der Waals surface area contributed by atoms with Crippen molar-refractivity contribution in [1.82, 2.24) is 0 Å². The van der Waals surface area contributed by atoms with Gasteiger partial charge in [0, 0.05) is 5.56 Å². The van der Waals surface area contributed by atoms with Gasteiger partial charge in [-0.1, -0.05) is 24.3 Å². The van der Waals surface area contributed by atoms with Crippen molar-refractivity contribution in [2.75, 3.05) is 0 Å². The summed E-state index contributed by atoms with van der Waals surface area (Å²) in [7, 11) is 0. The number of hydrogen-bond acceptors (Lipinski definition) is 3. The molecule has 0 radical (unpaired) electrons. The van der Waals surface area contributed by atoms with Crippen molar-refractivity contribution < 1.29 is 5.11 Å². The fraction of sp³-hybridized carbons (Fsp3) is 0.200. The molecule has 0 heterocycles. The summed E-state index contributed by atoms with van der Waals surface area (Å²) in [4.78, 5) is 0. The molecule has 0 atom stereocenters. The molecule has 0 aromatic heterocycles. The topological polar surface area (TPSA) is 45.0 Å². The van der Waals surface area contributed by atoms with Gasteiger partial charge in [-0.05, 0) is 43.2 Å². The first-order chi connectivity index (χ1) is 8.70. The van der Waals surface area contributed by atoms with Crippen molar-refractivity contribution in [2.45, 2.75) is 20.5 Å². The SMILES string of the molecule is Cc1cccc(N=Nc2cccc(C)c2CO)c1. The van der Waals surface area contributed by atoms with Crippen LogP contribution in [-0.2, 0) is 6.61 Å². The van der Waals surface area contributed by atoms with Crippen molar-refractivity contribution in [2.24, 2.45) is 10.2 Å². The molecule has 0 bridgehead atoms. The molecule has 0 fully saturated rings. The normalized spacial score (nSPS) is 11.1. The number of benzene rings is 2. The molecule has 3 heteroatoms. The average Bonchev–Trinajstić information content (AvgIpc) is 2.36. The second-order valence-electron chi connectivity index (χ2n) is 4.27. The van der Waals surface area contributed by atoms with E-state index in [1.54, 1.807) is 0 Å². The summed E-state index contributed by atoms with van der Waals surface area (Å²) in [6.07, 6.45) is 0. The summed E-state index contributed by atoms with van der Waals surface area (Å²) in [6.45, 7) is 3.96. The highest BCUT2D eigenvalue weighted by Gasteiger charge is 2.03. The van der Waals surface area contributed by atoms with Crippen molar-refractivity contribution >= 4 is 11.4 Å². The van der Waals surface area contributed by atoms with Gasteiger partial charge in [0.1, 0.15) is 0 Å². The number of aliphatic hydroxyl groups is 1. The Bertz CT molecular complexity index is 576. The summed E-state index contributed by atoms with van der Waals surface area (Å²) in [6, 6.07) is 13.6. The van der Waals surface area contributed by atoms with Crippen LogP contribution in [0, 0.1) is 13.8 Å². The highest BCUT2D eigenvalue weighted by molar-refractivity contribution is 5.50. The lowest BCUT2D eigenvalue weighted by atomic mass is 10.1. The maximum absolute atomic E-state index is 9.34. The van der Waals surface area contributed by atoms with Gasteiger partial charge in [0.2, 0.25) is 0 Å². The van der Waals surface area contributed by atoms with E-state index < -0.39 is 0 Å². The van der Waals surface area contributed by atoms with Gasteiger partial charge in [0.25, 0.3) is 0 Å². The molecule has 2 rings (SSSR count). The van der Waals surface area contributed by atoms with E-state index in [0.29, 0.717) is 0 Å². The Morgan fingerprint density at radius 2 is 1.78 bits per heavy atom. The van der Waals surface area contributed by atoms with E-state index in [9.17, 15) is 5.11 Å². The fourth-order valence-electron chi connectivity index (χ4n) is 1.79. The van der Waals surface area contributed by atoms with Gasteiger partial charge >= 0.3 is 0 Å². The number of nitrogens with zero attached hydrogens (tertiary/aromatic N) is 2. The van der Waals surface area contributed by atoms with E-state index in [4.69, 9.17) is 0 Å². The third-order valence-corrected chi connectivity index (χ3v) is 2.82. The number of rotatable bonds is 3. The van der Waals surface area contributed by atoms with Crippen LogP contribution in [0.1, 0.15) is 16.7 Å². The zero-order valence-electron chi connectivity index (χ0n) is 10.6. The van der Waals surface area contributed by atoms with Crippen molar-refractivity contribution in [3.8, 4) is 0 Å². The number of aliphatic hydroxyl groups excluding tert-OH is 1. The monoisotopic (exact) mass is 240 g/mol. The first-order valence-electron chi connectivity index (χ1n) is 5.88. The van der Waals surface area contributed by atoms with Crippen LogP contribution in [0.2, 0.25) is 0 Å². The van der Waals surface area contributed by atoms with E-state index in [1.807, 2.05) is 56.3 Å². The van der Waals surface area contributed by atoms with E-state index in [0.717, 1.165) is 28.1 Å². The molecule has 0 aliphatic heterocycles. The van der Waals surface area contributed by atoms with Gasteiger partial charge < -0.3 is 5.11 Å². The van der Waals surface area contributed by atoms with Crippen LogP contribution < -0.4 is 0 Å². The molecule has 2 aromatic rings. The lowest BCUT2D eigenvalue weighted by Crippen LogP contribution is -1.88. The zero-order chi connectivity index (χ0) is 13.0. The Morgan fingerprint density at radius 1 is 1.00 bits per heavy atom. The van der Waals surface area contributed by atoms with Crippen molar-refractivity contribution in [3.63, 3.8) is 0 Å². The van der Waals surface area contributed by atoms with Gasteiger partial charge in [-0.2, -0.15) is 10.2 Å². The molecular weight excluding hydrogens is 224 g/mol. The smallest absolute Gasteiger partial charge is 0.0914 e. The summed E-state index contributed by atoms with van der Waals surface area (Å²) >= 11 is 0. The van der Waals surface area contributed by atoms with Gasteiger partial charge in [-0.25, -0.2) is 0 Å². The first-order valence-corrected chi connectivity index (χ1v) is 5.88. The predicted octanol–water partition coefficient (Wildman–Crippen LogP) is 4.21.